The van der Waals surface area contributed by atoms with Crippen molar-refractivity contribution in [2.75, 3.05) is 5.75 Å². The van der Waals surface area contributed by atoms with E-state index in [4.69, 9.17) is 11.0 Å². The molecule has 158 valence electrons. The van der Waals surface area contributed by atoms with Crippen LogP contribution in [0.25, 0.3) is 11.1 Å². The van der Waals surface area contributed by atoms with Gasteiger partial charge in [0.1, 0.15) is 11.9 Å². The van der Waals surface area contributed by atoms with Gasteiger partial charge in [0, 0.05) is 0 Å². The molecule has 0 fully saturated rings. The van der Waals surface area contributed by atoms with E-state index in [0.29, 0.717) is 11.1 Å². The number of nitrogens with one attached hydrogen (secondary N) is 1. The number of carbonyl (C=O) groups is 2. The molecule has 2 rings (SSSR count). The molecule has 2 amide bonds. The summed E-state index contributed by atoms with van der Waals surface area (Å²) in [6, 6.07) is 12.5. The molecule has 1 atom stereocenters. The lowest BCUT2D eigenvalue weighted by atomic mass is 9.94. The quantitative estimate of drug-likeness (QED) is 0.662. The molecular weight excluding hydrogens is 409 g/mol. The predicted octanol–water partition coefficient (Wildman–Crippen LogP) is 2.18. The Morgan fingerprint density at radius 3 is 2.33 bits per heavy atom. The first-order valence-electron chi connectivity index (χ1n) is 9.02. The average Bonchev–Trinajstić information content (AvgIpc) is 2.66. The molecule has 0 bridgehead atoms. The maximum Gasteiger partial charge on any atom is 0.227 e. The van der Waals surface area contributed by atoms with Gasteiger partial charge in [0.15, 0.2) is 9.84 Å². The van der Waals surface area contributed by atoms with Gasteiger partial charge in [-0.2, -0.15) is 5.26 Å². The van der Waals surface area contributed by atoms with Crippen molar-refractivity contribution in [1.82, 2.24) is 5.32 Å². The summed E-state index contributed by atoms with van der Waals surface area (Å²) in [6.45, 7) is 2.86. The highest BCUT2D eigenvalue weighted by Crippen LogP contribution is 2.26. The Morgan fingerprint density at radius 1 is 1.17 bits per heavy atom. The number of sulfone groups is 1. The van der Waals surface area contributed by atoms with Gasteiger partial charge in [-0.1, -0.05) is 38.1 Å². The highest BCUT2D eigenvalue weighted by atomic mass is 32.2. The second-order valence-electron chi connectivity index (χ2n) is 7.50. The van der Waals surface area contributed by atoms with Crippen LogP contribution in [0, 0.1) is 22.6 Å². The highest BCUT2D eigenvalue weighted by Gasteiger charge is 2.35. The predicted molar refractivity (Wildman–Crippen MR) is 109 cm³/mol. The van der Waals surface area contributed by atoms with Gasteiger partial charge in [-0.3, -0.25) is 9.59 Å². The van der Waals surface area contributed by atoms with E-state index >= 15 is 0 Å². The number of primary amides is 1. The molecule has 0 aliphatic carbocycles. The van der Waals surface area contributed by atoms with E-state index in [1.807, 2.05) is 0 Å². The smallest absolute Gasteiger partial charge is 0.227 e. The maximum absolute atomic E-state index is 13.4. The zero-order chi connectivity index (χ0) is 22.5. The second kappa shape index (κ2) is 9.05. The van der Waals surface area contributed by atoms with E-state index in [2.05, 4.69) is 5.32 Å². The Labute approximate surface area is 174 Å². The summed E-state index contributed by atoms with van der Waals surface area (Å²) >= 11 is 0. The van der Waals surface area contributed by atoms with Crippen molar-refractivity contribution in [3.8, 4) is 17.2 Å². The van der Waals surface area contributed by atoms with Crippen molar-refractivity contribution < 1.29 is 22.4 Å². The monoisotopic (exact) mass is 431 g/mol. The maximum atomic E-state index is 13.4. The number of benzene rings is 2. The van der Waals surface area contributed by atoms with Crippen molar-refractivity contribution in [1.29, 1.82) is 5.26 Å². The van der Waals surface area contributed by atoms with Crippen LogP contribution in [-0.2, 0) is 19.4 Å². The molecule has 0 unspecified atom stereocenters. The first-order valence-corrected chi connectivity index (χ1v) is 10.7. The highest BCUT2D eigenvalue weighted by molar-refractivity contribution is 7.91. The molecule has 0 aliphatic rings. The summed E-state index contributed by atoms with van der Waals surface area (Å²) in [5, 5.41) is 11.4. The number of nitriles is 1. The van der Waals surface area contributed by atoms with Crippen LogP contribution in [0.3, 0.4) is 0 Å². The molecule has 0 saturated carbocycles. The van der Waals surface area contributed by atoms with Crippen LogP contribution in [-0.4, -0.2) is 32.0 Å². The Hall–Kier alpha value is -3.25. The summed E-state index contributed by atoms with van der Waals surface area (Å²) in [6.07, 6.45) is -0.368. The van der Waals surface area contributed by atoms with Crippen molar-refractivity contribution in [2.24, 2.45) is 11.1 Å². The van der Waals surface area contributed by atoms with E-state index in [-0.39, 0.29) is 11.3 Å². The van der Waals surface area contributed by atoms with Gasteiger partial charge in [-0.15, -0.1) is 0 Å². The number of nitrogens with zero attached hydrogens (tertiary/aromatic N) is 1. The number of carbonyl (C=O) groups excluding carboxylic acids is 2. The first-order chi connectivity index (χ1) is 13.9. The molecule has 0 aromatic heterocycles. The number of halogens is 1. The van der Waals surface area contributed by atoms with E-state index in [9.17, 15) is 22.4 Å². The molecule has 0 spiro atoms. The standard InChI is InChI=1S/C21H22FN3O4S/c1-21(2,20(27)25-17(12-23)11-19(24)26)13-30(28,29)18-8-6-14(7-9-18)15-4-3-5-16(22)10-15/h3-10,17H,11,13H2,1-2H3,(H2,24,26)(H,25,27)/t17-/m0/s1. The minimum absolute atomic E-state index is 0.0116. The lowest BCUT2D eigenvalue weighted by molar-refractivity contribution is -0.129. The summed E-state index contributed by atoms with van der Waals surface area (Å²) in [4.78, 5) is 23.5. The van der Waals surface area contributed by atoms with Gasteiger partial charge >= 0.3 is 0 Å². The molecule has 0 saturated heterocycles. The van der Waals surface area contributed by atoms with Crippen LogP contribution < -0.4 is 11.1 Å². The number of hydrogen-bond acceptors (Lipinski definition) is 5. The summed E-state index contributed by atoms with van der Waals surface area (Å²) in [7, 11) is -3.85. The van der Waals surface area contributed by atoms with E-state index in [1.54, 1.807) is 30.3 Å². The zero-order valence-electron chi connectivity index (χ0n) is 16.6. The third-order valence-electron chi connectivity index (χ3n) is 4.40. The molecule has 0 aliphatic heterocycles. The Bertz CT molecular complexity index is 1090. The van der Waals surface area contributed by atoms with Gasteiger partial charge in [0.05, 0.1) is 28.6 Å². The van der Waals surface area contributed by atoms with Gasteiger partial charge in [-0.05, 0) is 35.4 Å². The molecule has 2 aromatic rings. The molecule has 0 radical (unpaired) electrons. The van der Waals surface area contributed by atoms with Gasteiger partial charge in [0.2, 0.25) is 11.8 Å². The van der Waals surface area contributed by atoms with Crippen LogP contribution >= 0.6 is 0 Å². The minimum atomic E-state index is -3.85. The largest absolute Gasteiger partial charge is 0.370 e. The number of rotatable bonds is 8. The Morgan fingerprint density at radius 2 is 1.80 bits per heavy atom. The van der Waals surface area contributed by atoms with E-state index in [1.165, 1.54) is 38.1 Å². The fraction of sp³-hybridized carbons (Fsp3) is 0.286. The van der Waals surface area contributed by atoms with E-state index in [0.717, 1.165) is 0 Å². The molecular formula is C21H22FN3O4S. The molecule has 2 aromatic carbocycles. The Balaban J connectivity index is 2.17. The molecule has 9 heteroatoms. The number of nitrogens with two attached hydrogens (primary N) is 1. The summed E-state index contributed by atoms with van der Waals surface area (Å²) in [5.41, 5.74) is 4.92. The lowest BCUT2D eigenvalue weighted by Gasteiger charge is -2.24. The zero-order valence-corrected chi connectivity index (χ0v) is 17.4. The molecule has 0 heterocycles. The van der Waals surface area contributed by atoms with Gasteiger partial charge < -0.3 is 11.1 Å². The number of hydrogen-bond donors (Lipinski definition) is 2. The van der Waals surface area contributed by atoms with Crippen LogP contribution in [0.1, 0.15) is 20.3 Å². The fourth-order valence-corrected chi connectivity index (χ4v) is 4.63. The SMILES string of the molecule is CC(C)(CS(=O)(=O)c1ccc(-c2cccc(F)c2)cc1)C(=O)N[C@H](C#N)CC(N)=O. The second-order valence-corrected chi connectivity index (χ2v) is 9.49. The van der Waals surface area contributed by atoms with Crippen molar-refractivity contribution in [3.05, 3.63) is 54.3 Å². The molecule has 3 N–H and O–H groups in total. The van der Waals surface area contributed by atoms with Crippen LogP contribution in [0.5, 0.6) is 0 Å². The summed E-state index contributed by atoms with van der Waals surface area (Å²) in [5.74, 6) is -2.36. The number of amides is 2. The molecule has 7 nitrogen and oxygen atoms in total. The van der Waals surface area contributed by atoms with Crippen molar-refractivity contribution in [2.45, 2.75) is 31.2 Å². The first kappa shape index (κ1) is 23.0. The van der Waals surface area contributed by atoms with Gasteiger partial charge in [-0.25, -0.2) is 12.8 Å². The van der Waals surface area contributed by atoms with Crippen LogP contribution in [0.2, 0.25) is 0 Å². The Kier molecular flexibility index (Phi) is 6.95. The van der Waals surface area contributed by atoms with Crippen LogP contribution in [0.4, 0.5) is 4.39 Å². The van der Waals surface area contributed by atoms with Crippen molar-refractivity contribution in [3.63, 3.8) is 0 Å². The fourth-order valence-electron chi connectivity index (χ4n) is 2.83. The third kappa shape index (κ3) is 5.87. The topological polar surface area (TPSA) is 130 Å². The molecule has 30 heavy (non-hydrogen) atoms. The lowest BCUT2D eigenvalue weighted by Crippen LogP contribution is -2.46. The average molecular weight is 431 g/mol. The normalized spacial score (nSPS) is 12.6. The summed E-state index contributed by atoms with van der Waals surface area (Å²) < 4.78 is 39.0. The van der Waals surface area contributed by atoms with Gasteiger partial charge in [0.25, 0.3) is 0 Å². The van der Waals surface area contributed by atoms with Crippen molar-refractivity contribution >= 4 is 21.7 Å². The van der Waals surface area contributed by atoms with E-state index < -0.39 is 44.7 Å². The minimum Gasteiger partial charge on any atom is -0.370 e. The van der Waals surface area contributed by atoms with Crippen LogP contribution in [0.15, 0.2) is 53.4 Å². The third-order valence-corrected chi connectivity index (χ3v) is 6.50.